The highest BCUT2D eigenvalue weighted by molar-refractivity contribution is 7.15. The third-order valence-corrected chi connectivity index (χ3v) is 5.73. The maximum absolute atomic E-state index is 12.4. The number of aliphatic hydroxyl groups is 1. The van der Waals surface area contributed by atoms with Crippen molar-refractivity contribution in [3.8, 4) is 0 Å². The van der Waals surface area contributed by atoms with Gasteiger partial charge in [-0.3, -0.25) is 5.32 Å². The van der Waals surface area contributed by atoms with Crippen LogP contribution in [0.3, 0.4) is 0 Å². The summed E-state index contributed by atoms with van der Waals surface area (Å²) in [4.78, 5) is 19.8. The van der Waals surface area contributed by atoms with Crippen LogP contribution in [-0.2, 0) is 4.74 Å². The van der Waals surface area contributed by atoms with Crippen LogP contribution >= 0.6 is 11.3 Å². The standard InChI is InChI=1S/C16H25N3O3S/c1-11-6-12(10-20)9-19(8-11)16(21)18-15-17-7-14(23-15)13-2-4-22-5-3-13/h7,11-13,20H,2-6,8-10H2,1H3,(H,17,18,21). The molecule has 1 aromatic heterocycles. The molecule has 2 unspecified atom stereocenters. The molecule has 0 saturated carbocycles. The SMILES string of the molecule is CC1CC(CO)CN(C(=O)Nc2ncc(C3CCOCC3)s2)C1. The van der Waals surface area contributed by atoms with E-state index in [4.69, 9.17) is 4.74 Å². The minimum atomic E-state index is -0.108. The Balaban J connectivity index is 1.58. The molecule has 6 nitrogen and oxygen atoms in total. The van der Waals surface area contributed by atoms with Gasteiger partial charge in [0.1, 0.15) is 0 Å². The van der Waals surface area contributed by atoms with Crippen LogP contribution in [0, 0.1) is 11.8 Å². The molecule has 2 aliphatic rings. The molecule has 128 valence electrons. The van der Waals surface area contributed by atoms with Crippen LogP contribution in [0.15, 0.2) is 6.20 Å². The lowest BCUT2D eigenvalue weighted by atomic mass is 9.91. The average molecular weight is 339 g/mol. The van der Waals surface area contributed by atoms with E-state index in [1.807, 2.05) is 6.20 Å². The van der Waals surface area contributed by atoms with Gasteiger partial charge in [0.05, 0.1) is 0 Å². The van der Waals surface area contributed by atoms with Crippen LogP contribution in [0.25, 0.3) is 0 Å². The van der Waals surface area contributed by atoms with Crippen molar-refractivity contribution >= 4 is 22.5 Å². The van der Waals surface area contributed by atoms with E-state index in [1.54, 1.807) is 16.2 Å². The number of rotatable bonds is 3. The Kier molecular flexibility index (Phi) is 5.50. The van der Waals surface area contributed by atoms with Gasteiger partial charge in [0.2, 0.25) is 0 Å². The number of carbonyl (C=O) groups excluding carboxylic acids is 1. The lowest BCUT2D eigenvalue weighted by Crippen LogP contribution is -2.46. The zero-order valence-electron chi connectivity index (χ0n) is 13.5. The normalized spacial score (nSPS) is 26.3. The number of amides is 2. The number of ether oxygens (including phenoxy) is 1. The summed E-state index contributed by atoms with van der Waals surface area (Å²) in [6.45, 7) is 5.22. The summed E-state index contributed by atoms with van der Waals surface area (Å²) in [5.41, 5.74) is 0. The molecule has 0 aliphatic carbocycles. The lowest BCUT2D eigenvalue weighted by molar-refractivity contribution is 0.0860. The van der Waals surface area contributed by atoms with Crippen LogP contribution in [-0.4, -0.2) is 53.9 Å². The van der Waals surface area contributed by atoms with E-state index >= 15 is 0 Å². The maximum Gasteiger partial charge on any atom is 0.323 e. The molecule has 3 rings (SSSR count). The summed E-state index contributed by atoms with van der Waals surface area (Å²) in [5.74, 6) is 1.10. The second kappa shape index (κ2) is 7.59. The zero-order valence-corrected chi connectivity index (χ0v) is 14.3. The highest BCUT2D eigenvalue weighted by atomic mass is 32.1. The number of aromatic nitrogens is 1. The second-order valence-corrected chi connectivity index (χ2v) is 7.74. The highest BCUT2D eigenvalue weighted by Crippen LogP contribution is 2.33. The molecule has 2 fully saturated rings. The van der Waals surface area contributed by atoms with Gasteiger partial charge in [0.25, 0.3) is 0 Å². The first-order valence-corrected chi connectivity index (χ1v) is 9.17. The van der Waals surface area contributed by atoms with E-state index in [1.165, 1.54) is 4.88 Å². The van der Waals surface area contributed by atoms with Crippen molar-refractivity contribution in [2.75, 3.05) is 38.2 Å². The molecule has 2 atom stereocenters. The maximum atomic E-state index is 12.4. The lowest BCUT2D eigenvalue weighted by Gasteiger charge is -2.35. The van der Waals surface area contributed by atoms with Gasteiger partial charge in [-0.2, -0.15) is 0 Å². The molecule has 2 N–H and O–H groups in total. The van der Waals surface area contributed by atoms with Gasteiger partial charge in [-0.05, 0) is 37.0 Å². The summed E-state index contributed by atoms with van der Waals surface area (Å²) in [6, 6.07) is -0.108. The Morgan fingerprint density at radius 2 is 2.26 bits per heavy atom. The first kappa shape index (κ1) is 16.7. The monoisotopic (exact) mass is 339 g/mol. The molecule has 2 saturated heterocycles. The zero-order chi connectivity index (χ0) is 16.2. The highest BCUT2D eigenvalue weighted by Gasteiger charge is 2.28. The van der Waals surface area contributed by atoms with Gasteiger partial charge in [0, 0.05) is 44.0 Å². The first-order chi connectivity index (χ1) is 11.2. The first-order valence-electron chi connectivity index (χ1n) is 8.36. The molecule has 1 aromatic rings. The summed E-state index contributed by atoms with van der Waals surface area (Å²) in [6.07, 6.45) is 4.91. The second-order valence-electron chi connectivity index (χ2n) is 6.68. The number of carbonyl (C=O) groups is 1. The van der Waals surface area contributed by atoms with E-state index < -0.39 is 0 Å². The van der Waals surface area contributed by atoms with Crippen molar-refractivity contribution in [1.29, 1.82) is 0 Å². The molecule has 2 aliphatic heterocycles. The van der Waals surface area contributed by atoms with Gasteiger partial charge < -0.3 is 14.7 Å². The van der Waals surface area contributed by atoms with Crippen LogP contribution in [0.2, 0.25) is 0 Å². The number of piperidine rings is 1. The van der Waals surface area contributed by atoms with Gasteiger partial charge in [0.15, 0.2) is 5.13 Å². The number of hydrogen-bond donors (Lipinski definition) is 2. The van der Waals surface area contributed by atoms with Crippen molar-refractivity contribution in [2.24, 2.45) is 11.8 Å². The van der Waals surface area contributed by atoms with Crippen molar-refractivity contribution in [3.63, 3.8) is 0 Å². The Labute approximate surface area is 140 Å². The van der Waals surface area contributed by atoms with Crippen molar-refractivity contribution < 1.29 is 14.6 Å². The fourth-order valence-corrected chi connectivity index (χ4v) is 4.44. The molecule has 23 heavy (non-hydrogen) atoms. The largest absolute Gasteiger partial charge is 0.396 e. The Morgan fingerprint density at radius 1 is 1.48 bits per heavy atom. The number of urea groups is 1. The van der Waals surface area contributed by atoms with Crippen molar-refractivity contribution in [3.05, 3.63) is 11.1 Å². The minimum absolute atomic E-state index is 0.108. The van der Waals surface area contributed by atoms with Crippen LogP contribution < -0.4 is 5.32 Å². The molecule has 2 amide bonds. The van der Waals surface area contributed by atoms with E-state index in [0.29, 0.717) is 23.5 Å². The van der Waals surface area contributed by atoms with E-state index in [2.05, 4.69) is 17.2 Å². The van der Waals surface area contributed by atoms with Crippen LogP contribution in [0.1, 0.15) is 37.0 Å². The van der Waals surface area contributed by atoms with Gasteiger partial charge >= 0.3 is 6.03 Å². The smallest absolute Gasteiger partial charge is 0.323 e. The minimum Gasteiger partial charge on any atom is -0.396 e. The predicted molar refractivity (Wildman–Crippen MR) is 89.9 cm³/mol. The number of nitrogens with one attached hydrogen (secondary N) is 1. The summed E-state index contributed by atoms with van der Waals surface area (Å²) in [5, 5.41) is 12.9. The number of aliphatic hydroxyl groups excluding tert-OH is 1. The fraction of sp³-hybridized carbons (Fsp3) is 0.750. The Morgan fingerprint density at radius 3 is 3.00 bits per heavy atom. The van der Waals surface area contributed by atoms with Crippen molar-refractivity contribution in [1.82, 2.24) is 9.88 Å². The quantitative estimate of drug-likeness (QED) is 0.887. The Bertz CT molecular complexity index is 530. The summed E-state index contributed by atoms with van der Waals surface area (Å²) < 4.78 is 5.39. The van der Waals surface area contributed by atoms with E-state index in [0.717, 1.165) is 39.0 Å². The van der Waals surface area contributed by atoms with Gasteiger partial charge in [-0.1, -0.05) is 6.92 Å². The van der Waals surface area contributed by atoms with Crippen LogP contribution in [0.5, 0.6) is 0 Å². The van der Waals surface area contributed by atoms with E-state index in [9.17, 15) is 9.90 Å². The summed E-state index contributed by atoms with van der Waals surface area (Å²) in [7, 11) is 0. The molecule has 0 bridgehead atoms. The van der Waals surface area contributed by atoms with E-state index in [-0.39, 0.29) is 18.6 Å². The third-order valence-electron chi connectivity index (χ3n) is 4.65. The Hall–Kier alpha value is -1.18. The fourth-order valence-electron chi connectivity index (χ4n) is 3.46. The van der Waals surface area contributed by atoms with Crippen molar-refractivity contribution in [2.45, 2.75) is 32.1 Å². The predicted octanol–water partition coefficient (Wildman–Crippen LogP) is 2.52. The van der Waals surface area contributed by atoms with Gasteiger partial charge in [-0.25, -0.2) is 9.78 Å². The molecule has 0 aromatic carbocycles. The molecule has 3 heterocycles. The topological polar surface area (TPSA) is 74.7 Å². The number of nitrogens with zero attached hydrogens (tertiary/aromatic N) is 2. The number of likely N-dealkylation sites (tertiary alicyclic amines) is 1. The summed E-state index contributed by atoms with van der Waals surface area (Å²) >= 11 is 1.56. The molecular weight excluding hydrogens is 314 g/mol. The van der Waals surface area contributed by atoms with Crippen LogP contribution in [0.4, 0.5) is 9.93 Å². The van der Waals surface area contributed by atoms with Gasteiger partial charge in [-0.15, -0.1) is 11.3 Å². The number of thiazole rings is 1. The number of anilines is 1. The average Bonchev–Trinajstić information content (AvgIpc) is 3.03. The number of hydrogen-bond acceptors (Lipinski definition) is 5. The molecule has 0 spiro atoms. The molecular formula is C16H25N3O3S. The third kappa shape index (κ3) is 4.22. The molecule has 7 heteroatoms. The molecule has 0 radical (unpaired) electrons.